The number of hydrogen-bond acceptors (Lipinski definition) is 4. The van der Waals surface area contributed by atoms with Crippen molar-refractivity contribution in [2.75, 3.05) is 6.61 Å². The van der Waals surface area contributed by atoms with Gasteiger partial charge >= 0.3 is 0 Å². The first-order valence-corrected chi connectivity index (χ1v) is 27.0. The zero-order chi connectivity index (χ0) is 43.0. The Morgan fingerprint density at radius 2 is 0.678 bits per heavy atom. The zero-order valence-corrected chi connectivity index (χ0v) is 40.2. The first-order valence-electron chi connectivity index (χ1n) is 27.0. The lowest BCUT2D eigenvalue weighted by molar-refractivity contribution is -0.125. The number of allylic oxidation sites excluding steroid dienone is 2. The standard InChI is InChI=1S/C54H107NO4/c1-3-5-7-9-11-13-15-16-17-18-19-20-21-22-23-24-25-26-27-28-29-30-31-32-33-34-35-36-38-39-41-43-45-47-51(57)49-54(59)55-52(50-56)53(58)48-46-44-42-40-37-14-12-10-8-6-4-2/h24-25,51-53,56-58H,3-23,26-50H2,1-2H3,(H,55,59)/b25-24-. The summed E-state index contributed by atoms with van der Waals surface area (Å²) in [5, 5.41) is 33.4. The largest absolute Gasteiger partial charge is 0.394 e. The van der Waals surface area contributed by atoms with Crippen LogP contribution in [0, 0.1) is 0 Å². The van der Waals surface area contributed by atoms with Crippen molar-refractivity contribution in [3.8, 4) is 0 Å². The number of carbonyl (C=O) groups is 1. The fourth-order valence-electron chi connectivity index (χ4n) is 8.70. The molecule has 4 N–H and O–H groups in total. The number of unbranched alkanes of at least 4 members (excludes halogenated alkanes) is 39. The molecular formula is C54H107NO4. The van der Waals surface area contributed by atoms with Gasteiger partial charge in [-0.15, -0.1) is 0 Å². The molecule has 0 aromatic rings. The van der Waals surface area contributed by atoms with E-state index in [1.807, 2.05) is 0 Å². The Bertz CT molecular complexity index is 833. The summed E-state index contributed by atoms with van der Waals surface area (Å²) in [7, 11) is 0. The molecule has 0 fully saturated rings. The van der Waals surface area contributed by atoms with Crippen molar-refractivity contribution in [3.05, 3.63) is 12.2 Å². The Morgan fingerprint density at radius 1 is 0.407 bits per heavy atom. The van der Waals surface area contributed by atoms with Gasteiger partial charge in [0.15, 0.2) is 0 Å². The number of amides is 1. The molecule has 0 heterocycles. The molecule has 0 spiro atoms. The normalized spacial score (nSPS) is 13.4. The van der Waals surface area contributed by atoms with Gasteiger partial charge in [0.25, 0.3) is 0 Å². The fourth-order valence-corrected chi connectivity index (χ4v) is 8.70. The lowest BCUT2D eigenvalue weighted by Gasteiger charge is -2.23. The molecule has 3 atom stereocenters. The molecule has 0 rings (SSSR count). The Hall–Kier alpha value is -0.910. The summed E-state index contributed by atoms with van der Waals surface area (Å²) in [6, 6.07) is -0.654. The molecule has 59 heavy (non-hydrogen) atoms. The van der Waals surface area contributed by atoms with Crippen molar-refractivity contribution in [3.63, 3.8) is 0 Å². The van der Waals surface area contributed by atoms with Crippen LogP contribution in [0.4, 0.5) is 0 Å². The molecule has 0 aliphatic carbocycles. The van der Waals surface area contributed by atoms with Gasteiger partial charge in [0.1, 0.15) is 0 Å². The molecule has 0 aliphatic heterocycles. The van der Waals surface area contributed by atoms with Gasteiger partial charge < -0.3 is 20.6 Å². The molecule has 0 aromatic heterocycles. The van der Waals surface area contributed by atoms with Crippen LogP contribution in [0.5, 0.6) is 0 Å². The molecule has 0 aromatic carbocycles. The molecule has 5 nitrogen and oxygen atoms in total. The number of carbonyl (C=O) groups excluding carboxylic acids is 1. The third-order valence-electron chi connectivity index (χ3n) is 12.8. The predicted molar refractivity (Wildman–Crippen MR) is 259 cm³/mol. The Kier molecular flexibility index (Phi) is 49.0. The molecule has 352 valence electrons. The highest BCUT2D eigenvalue weighted by Gasteiger charge is 2.21. The molecule has 0 saturated carbocycles. The second-order valence-electron chi connectivity index (χ2n) is 18.8. The van der Waals surface area contributed by atoms with Crippen LogP contribution in [0.25, 0.3) is 0 Å². The Balaban J connectivity index is 3.43. The summed E-state index contributed by atoms with van der Waals surface area (Å²) in [6.07, 6.45) is 60.9. The minimum absolute atomic E-state index is 0.0406. The van der Waals surface area contributed by atoms with Gasteiger partial charge in [-0.2, -0.15) is 0 Å². The molecule has 0 bridgehead atoms. The van der Waals surface area contributed by atoms with Crippen LogP contribution >= 0.6 is 0 Å². The smallest absolute Gasteiger partial charge is 0.222 e. The average molecular weight is 834 g/mol. The highest BCUT2D eigenvalue weighted by molar-refractivity contribution is 5.76. The minimum Gasteiger partial charge on any atom is -0.394 e. The Morgan fingerprint density at radius 3 is 0.983 bits per heavy atom. The minimum atomic E-state index is -0.745. The summed E-state index contributed by atoms with van der Waals surface area (Å²) in [6.45, 7) is 4.28. The molecule has 3 unspecified atom stereocenters. The third-order valence-corrected chi connectivity index (χ3v) is 12.8. The lowest BCUT2D eigenvalue weighted by Crippen LogP contribution is -2.46. The van der Waals surface area contributed by atoms with Gasteiger partial charge in [-0.3, -0.25) is 4.79 Å². The van der Waals surface area contributed by atoms with Crippen LogP contribution in [0.2, 0.25) is 0 Å². The molecule has 0 aliphatic rings. The van der Waals surface area contributed by atoms with Gasteiger partial charge in [0, 0.05) is 0 Å². The number of nitrogens with one attached hydrogen (secondary N) is 1. The number of rotatable bonds is 50. The van der Waals surface area contributed by atoms with E-state index in [1.54, 1.807) is 0 Å². The van der Waals surface area contributed by atoms with Gasteiger partial charge in [-0.05, 0) is 38.5 Å². The van der Waals surface area contributed by atoms with Gasteiger partial charge in [0.05, 0.1) is 31.3 Å². The molecular weight excluding hydrogens is 727 g/mol. The average Bonchev–Trinajstić information content (AvgIpc) is 3.23. The van der Waals surface area contributed by atoms with Crippen molar-refractivity contribution in [2.24, 2.45) is 0 Å². The van der Waals surface area contributed by atoms with Crippen molar-refractivity contribution < 1.29 is 20.1 Å². The molecule has 0 radical (unpaired) electrons. The summed E-state index contributed by atoms with van der Waals surface area (Å²) in [5.74, 6) is -0.279. The van der Waals surface area contributed by atoms with E-state index >= 15 is 0 Å². The molecule has 1 amide bonds. The summed E-state index contributed by atoms with van der Waals surface area (Å²) < 4.78 is 0. The number of aliphatic hydroxyl groups excluding tert-OH is 3. The summed E-state index contributed by atoms with van der Waals surface area (Å²) in [4.78, 5) is 12.5. The summed E-state index contributed by atoms with van der Waals surface area (Å²) >= 11 is 0. The maximum atomic E-state index is 12.5. The van der Waals surface area contributed by atoms with Crippen molar-refractivity contribution >= 4 is 5.91 Å². The zero-order valence-electron chi connectivity index (χ0n) is 40.2. The number of aliphatic hydroxyl groups is 3. The SMILES string of the molecule is CCCCCCCCCCCCCCCC/C=C\CCCCCCCCCCCCCCCCCC(O)CC(=O)NC(CO)C(O)CCCCCCCCCCCCC. The highest BCUT2D eigenvalue weighted by atomic mass is 16.3. The van der Waals surface area contributed by atoms with E-state index in [-0.39, 0.29) is 18.9 Å². The first kappa shape index (κ1) is 58.1. The van der Waals surface area contributed by atoms with Crippen molar-refractivity contribution in [1.29, 1.82) is 0 Å². The molecule has 0 saturated heterocycles. The lowest BCUT2D eigenvalue weighted by atomic mass is 10.0. The van der Waals surface area contributed by atoms with Gasteiger partial charge in [0.2, 0.25) is 5.91 Å². The topological polar surface area (TPSA) is 89.8 Å². The quantitative estimate of drug-likeness (QED) is 0.0363. The van der Waals surface area contributed by atoms with E-state index < -0.39 is 18.2 Å². The van der Waals surface area contributed by atoms with E-state index in [0.29, 0.717) is 12.8 Å². The van der Waals surface area contributed by atoms with E-state index in [2.05, 4.69) is 31.3 Å². The predicted octanol–water partition coefficient (Wildman–Crippen LogP) is 16.3. The van der Waals surface area contributed by atoms with Crippen molar-refractivity contribution in [2.45, 2.75) is 321 Å². The maximum Gasteiger partial charge on any atom is 0.222 e. The highest BCUT2D eigenvalue weighted by Crippen LogP contribution is 2.18. The fraction of sp³-hybridized carbons (Fsp3) is 0.944. The van der Waals surface area contributed by atoms with E-state index in [1.165, 1.54) is 244 Å². The van der Waals surface area contributed by atoms with Crippen LogP contribution in [-0.2, 0) is 4.79 Å². The summed E-state index contributed by atoms with van der Waals surface area (Å²) in [5.41, 5.74) is 0. The first-order chi connectivity index (χ1) is 29.0. The monoisotopic (exact) mass is 834 g/mol. The van der Waals surface area contributed by atoms with Crippen molar-refractivity contribution in [1.82, 2.24) is 5.32 Å². The number of hydrogen-bond donors (Lipinski definition) is 4. The Labute approximate surface area is 369 Å². The second-order valence-corrected chi connectivity index (χ2v) is 18.8. The van der Waals surface area contributed by atoms with Crippen LogP contribution in [-0.4, -0.2) is 46.1 Å². The van der Waals surface area contributed by atoms with Crippen LogP contribution in [0.3, 0.4) is 0 Å². The van der Waals surface area contributed by atoms with Gasteiger partial charge in [-0.1, -0.05) is 270 Å². The van der Waals surface area contributed by atoms with E-state index in [0.717, 1.165) is 25.7 Å². The van der Waals surface area contributed by atoms with E-state index in [9.17, 15) is 20.1 Å². The third kappa shape index (κ3) is 46.4. The van der Waals surface area contributed by atoms with Crippen LogP contribution in [0.1, 0.15) is 303 Å². The maximum absolute atomic E-state index is 12.5. The second kappa shape index (κ2) is 49.7. The van der Waals surface area contributed by atoms with Crippen LogP contribution < -0.4 is 5.32 Å². The van der Waals surface area contributed by atoms with Crippen LogP contribution in [0.15, 0.2) is 12.2 Å². The molecule has 5 heteroatoms. The van der Waals surface area contributed by atoms with E-state index in [4.69, 9.17) is 0 Å². The van der Waals surface area contributed by atoms with Gasteiger partial charge in [-0.25, -0.2) is 0 Å².